The largest absolute Gasteiger partial charge is 0.370 e. The highest BCUT2D eigenvalue weighted by Gasteiger charge is 2.07. The van der Waals surface area contributed by atoms with E-state index in [-0.39, 0.29) is 0 Å². The molecule has 1 aromatic carbocycles. The normalized spacial score (nSPS) is 10.7. The van der Waals surface area contributed by atoms with Crippen LogP contribution in [0.2, 0.25) is 5.02 Å². The SMILES string of the molecule is CN(Cc1csc(Br)c1)c1ccc(CCN)c(Cl)c1. The van der Waals surface area contributed by atoms with Crippen molar-refractivity contribution in [2.24, 2.45) is 5.73 Å². The van der Waals surface area contributed by atoms with Gasteiger partial charge in [-0.2, -0.15) is 0 Å². The van der Waals surface area contributed by atoms with Crippen molar-refractivity contribution in [1.82, 2.24) is 0 Å². The number of benzene rings is 1. The van der Waals surface area contributed by atoms with Gasteiger partial charge in [0, 0.05) is 24.3 Å². The Morgan fingerprint density at radius 3 is 2.74 bits per heavy atom. The van der Waals surface area contributed by atoms with Crippen LogP contribution in [0.5, 0.6) is 0 Å². The Morgan fingerprint density at radius 1 is 1.37 bits per heavy atom. The molecule has 2 aromatic rings. The Labute approximate surface area is 131 Å². The molecule has 0 saturated heterocycles. The quantitative estimate of drug-likeness (QED) is 0.862. The second kappa shape index (κ2) is 6.75. The van der Waals surface area contributed by atoms with Gasteiger partial charge >= 0.3 is 0 Å². The number of halogens is 2. The Kier molecular flexibility index (Phi) is 5.28. The maximum Gasteiger partial charge on any atom is 0.0701 e. The summed E-state index contributed by atoms with van der Waals surface area (Å²) in [6.45, 7) is 1.49. The topological polar surface area (TPSA) is 29.3 Å². The first-order valence-corrected chi connectivity index (χ1v) is 8.07. The van der Waals surface area contributed by atoms with Crippen molar-refractivity contribution in [3.63, 3.8) is 0 Å². The number of nitrogens with two attached hydrogens (primary N) is 1. The number of anilines is 1. The molecule has 2 nitrogen and oxygen atoms in total. The molecule has 2 N–H and O–H groups in total. The molecule has 2 rings (SSSR count). The molecule has 19 heavy (non-hydrogen) atoms. The summed E-state index contributed by atoms with van der Waals surface area (Å²) in [5.74, 6) is 0. The van der Waals surface area contributed by atoms with Gasteiger partial charge in [-0.05, 0) is 63.6 Å². The molecule has 0 aliphatic rings. The lowest BCUT2D eigenvalue weighted by Gasteiger charge is -2.19. The second-order valence-corrected chi connectivity index (χ2v) is 7.13. The maximum atomic E-state index is 6.27. The molecule has 0 fully saturated rings. The molecule has 102 valence electrons. The fourth-order valence-electron chi connectivity index (χ4n) is 1.93. The van der Waals surface area contributed by atoms with Crippen LogP contribution >= 0.6 is 38.9 Å². The van der Waals surface area contributed by atoms with Gasteiger partial charge in [0.05, 0.1) is 3.79 Å². The predicted octanol–water partition coefficient (Wildman–Crippen LogP) is 4.30. The van der Waals surface area contributed by atoms with E-state index in [1.165, 1.54) is 5.56 Å². The monoisotopic (exact) mass is 358 g/mol. The Bertz CT molecular complexity index is 556. The van der Waals surface area contributed by atoms with Crippen LogP contribution in [0.1, 0.15) is 11.1 Å². The molecule has 0 bridgehead atoms. The average Bonchev–Trinajstić information content (AvgIpc) is 2.77. The molecule has 5 heteroatoms. The molecule has 1 heterocycles. The zero-order valence-corrected chi connectivity index (χ0v) is 13.9. The van der Waals surface area contributed by atoms with E-state index in [1.54, 1.807) is 11.3 Å². The first-order chi connectivity index (χ1) is 9.10. The third-order valence-electron chi connectivity index (χ3n) is 2.93. The van der Waals surface area contributed by atoms with Crippen molar-refractivity contribution in [2.45, 2.75) is 13.0 Å². The summed E-state index contributed by atoms with van der Waals surface area (Å²) in [5, 5.41) is 2.95. The van der Waals surface area contributed by atoms with Gasteiger partial charge in [0.2, 0.25) is 0 Å². The number of hydrogen-bond acceptors (Lipinski definition) is 3. The van der Waals surface area contributed by atoms with Gasteiger partial charge in [-0.15, -0.1) is 11.3 Å². The lowest BCUT2D eigenvalue weighted by Crippen LogP contribution is -2.16. The minimum absolute atomic E-state index is 0.623. The van der Waals surface area contributed by atoms with Gasteiger partial charge < -0.3 is 10.6 Å². The first-order valence-electron chi connectivity index (χ1n) is 6.02. The lowest BCUT2D eigenvalue weighted by atomic mass is 10.1. The summed E-state index contributed by atoms with van der Waals surface area (Å²) in [5.41, 5.74) is 9.08. The molecule has 0 amide bonds. The fraction of sp³-hybridized carbons (Fsp3) is 0.286. The van der Waals surface area contributed by atoms with Gasteiger partial charge in [-0.1, -0.05) is 17.7 Å². The standard InChI is InChI=1S/C14H16BrClN2S/c1-18(8-10-6-14(15)19-9-10)12-3-2-11(4-5-17)13(16)7-12/h2-3,6-7,9H,4-5,8,17H2,1H3. The number of rotatable bonds is 5. The molecule has 1 aromatic heterocycles. The molecule has 0 spiro atoms. The van der Waals surface area contributed by atoms with E-state index in [4.69, 9.17) is 17.3 Å². The molecule has 0 unspecified atom stereocenters. The lowest BCUT2D eigenvalue weighted by molar-refractivity contribution is 0.923. The molecule has 0 aliphatic carbocycles. The highest BCUT2D eigenvalue weighted by atomic mass is 79.9. The van der Waals surface area contributed by atoms with Crippen LogP contribution < -0.4 is 10.6 Å². The highest BCUT2D eigenvalue weighted by Crippen LogP contribution is 2.26. The molecule has 0 aliphatic heterocycles. The van der Waals surface area contributed by atoms with E-state index in [0.717, 1.165) is 33.0 Å². The summed E-state index contributed by atoms with van der Waals surface area (Å²) in [6.07, 6.45) is 0.820. The summed E-state index contributed by atoms with van der Waals surface area (Å²) in [4.78, 5) is 2.19. The molecule has 0 saturated carbocycles. The minimum Gasteiger partial charge on any atom is -0.370 e. The van der Waals surface area contributed by atoms with Crippen LogP contribution in [-0.4, -0.2) is 13.6 Å². The van der Waals surface area contributed by atoms with Gasteiger partial charge in [-0.25, -0.2) is 0 Å². The summed E-state index contributed by atoms with van der Waals surface area (Å²) >= 11 is 11.5. The minimum atomic E-state index is 0.623. The summed E-state index contributed by atoms with van der Waals surface area (Å²) < 4.78 is 1.16. The molecule has 0 atom stereocenters. The Balaban J connectivity index is 2.10. The average molecular weight is 360 g/mol. The van der Waals surface area contributed by atoms with E-state index in [2.05, 4.69) is 51.5 Å². The van der Waals surface area contributed by atoms with Crippen molar-refractivity contribution in [2.75, 3.05) is 18.5 Å². The van der Waals surface area contributed by atoms with Crippen LogP contribution in [0.25, 0.3) is 0 Å². The number of hydrogen-bond donors (Lipinski definition) is 1. The molecule has 0 radical (unpaired) electrons. The van der Waals surface area contributed by atoms with Crippen molar-refractivity contribution < 1.29 is 0 Å². The van der Waals surface area contributed by atoms with Crippen LogP contribution in [0.4, 0.5) is 5.69 Å². The van der Waals surface area contributed by atoms with Crippen LogP contribution in [0.3, 0.4) is 0 Å². The van der Waals surface area contributed by atoms with Crippen LogP contribution in [0.15, 0.2) is 33.4 Å². The Hall–Kier alpha value is -0.550. The summed E-state index contributed by atoms with van der Waals surface area (Å²) in [7, 11) is 2.07. The van der Waals surface area contributed by atoms with Gasteiger partial charge in [0.25, 0.3) is 0 Å². The third-order valence-corrected chi connectivity index (χ3v) is 4.84. The van der Waals surface area contributed by atoms with Crippen molar-refractivity contribution in [3.8, 4) is 0 Å². The van der Waals surface area contributed by atoms with Gasteiger partial charge in [0.15, 0.2) is 0 Å². The fourth-order valence-corrected chi connectivity index (χ4v) is 3.40. The predicted molar refractivity (Wildman–Crippen MR) is 88.3 cm³/mol. The zero-order chi connectivity index (χ0) is 13.8. The maximum absolute atomic E-state index is 6.27. The van der Waals surface area contributed by atoms with E-state index < -0.39 is 0 Å². The smallest absolute Gasteiger partial charge is 0.0701 e. The van der Waals surface area contributed by atoms with Crippen molar-refractivity contribution in [3.05, 3.63) is 49.6 Å². The molecular formula is C14H16BrClN2S. The molecular weight excluding hydrogens is 344 g/mol. The van der Waals surface area contributed by atoms with Crippen LogP contribution in [0, 0.1) is 0 Å². The Morgan fingerprint density at radius 2 is 2.16 bits per heavy atom. The van der Waals surface area contributed by atoms with E-state index in [9.17, 15) is 0 Å². The van der Waals surface area contributed by atoms with E-state index >= 15 is 0 Å². The van der Waals surface area contributed by atoms with E-state index in [1.807, 2.05) is 6.07 Å². The van der Waals surface area contributed by atoms with Gasteiger partial charge in [-0.3, -0.25) is 0 Å². The second-order valence-electron chi connectivity index (χ2n) is 4.43. The highest BCUT2D eigenvalue weighted by molar-refractivity contribution is 9.11. The first kappa shape index (κ1) is 14.9. The number of thiophene rings is 1. The zero-order valence-electron chi connectivity index (χ0n) is 10.7. The summed E-state index contributed by atoms with van der Waals surface area (Å²) in [6, 6.07) is 8.31. The van der Waals surface area contributed by atoms with Crippen molar-refractivity contribution >= 4 is 44.6 Å². The van der Waals surface area contributed by atoms with Gasteiger partial charge in [0.1, 0.15) is 0 Å². The van der Waals surface area contributed by atoms with E-state index in [0.29, 0.717) is 6.54 Å². The van der Waals surface area contributed by atoms with Crippen molar-refractivity contribution in [1.29, 1.82) is 0 Å². The number of nitrogens with zero attached hydrogens (tertiary/aromatic N) is 1. The third kappa shape index (κ3) is 3.96. The van der Waals surface area contributed by atoms with Crippen LogP contribution in [-0.2, 0) is 13.0 Å².